The third kappa shape index (κ3) is 3.09. The van der Waals surface area contributed by atoms with Crippen LogP contribution in [0.3, 0.4) is 0 Å². The molecule has 0 amide bonds. The molecular formula is C17H20N4O2S. The fourth-order valence-electron chi connectivity index (χ4n) is 2.67. The maximum atomic E-state index is 12.7. The third-order valence-electron chi connectivity index (χ3n) is 3.82. The van der Waals surface area contributed by atoms with Crippen LogP contribution in [0.15, 0.2) is 46.9 Å². The minimum absolute atomic E-state index is 0.0788. The molecule has 1 aromatic carbocycles. The first-order chi connectivity index (χ1) is 11.8. The Bertz CT molecular complexity index is 916. The summed E-state index contributed by atoms with van der Waals surface area (Å²) in [4.78, 5) is 12.7. The summed E-state index contributed by atoms with van der Waals surface area (Å²) < 4.78 is 3.54. The second kappa shape index (κ2) is 7.63. The number of para-hydroxylation sites is 1. The van der Waals surface area contributed by atoms with Crippen LogP contribution >= 0.6 is 11.8 Å². The van der Waals surface area contributed by atoms with E-state index in [-0.39, 0.29) is 12.2 Å². The number of aliphatic hydroxyl groups excluding tert-OH is 1. The molecule has 0 saturated carbocycles. The van der Waals surface area contributed by atoms with E-state index in [0.717, 1.165) is 35.7 Å². The topological polar surface area (TPSA) is 72.4 Å². The highest BCUT2D eigenvalue weighted by molar-refractivity contribution is 7.99. The standard InChI is InChI=1S/C17H20N4O2S/c1-2-10-20-15(23)13-8-4-5-9-14(13)21-16(20)18-19-17(21)24-12-7-3-6-11-22/h2,4-5,8-9,22H,1,3,6-7,10-12H2. The zero-order valence-corrected chi connectivity index (χ0v) is 14.2. The molecule has 0 unspecified atom stereocenters. The van der Waals surface area contributed by atoms with Crippen LogP contribution < -0.4 is 5.56 Å². The second-order valence-corrected chi connectivity index (χ2v) is 6.53. The average Bonchev–Trinajstić information content (AvgIpc) is 3.02. The van der Waals surface area contributed by atoms with Gasteiger partial charge in [0.25, 0.3) is 5.56 Å². The molecule has 6 nitrogen and oxygen atoms in total. The van der Waals surface area contributed by atoms with Gasteiger partial charge in [-0.25, -0.2) is 0 Å². The van der Waals surface area contributed by atoms with Crippen LogP contribution in [-0.2, 0) is 6.54 Å². The van der Waals surface area contributed by atoms with Crippen molar-refractivity contribution in [2.24, 2.45) is 0 Å². The number of benzene rings is 1. The van der Waals surface area contributed by atoms with Gasteiger partial charge in [0, 0.05) is 18.9 Å². The highest BCUT2D eigenvalue weighted by atomic mass is 32.2. The van der Waals surface area contributed by atoms with Gasteiger partial charge >= 0.3 is 0 Å². The van der Waals surface area contributed by atoms with Gasteiger partial charge in [-0.1, -0.05) is 36.4 Å². The van der Waals surface area contributed by atoms with Crippen molar-refractivity contribution in [3.8, 4) is 0 Å². The molecule has 0 aliphatic heterocycles. The van der Waals surface area contributed by atoms with Crippen LogP contribution in [0.25, 0.3) is 16.7 Å². The maximum Gasteiger partial charge on any atom is 0.263 e. The predicted molar refractivity (Wildman–Crippen MR) is 96.6 cm³/mol. The Balaban J connectivity index is 2.06. The number of aliphatic hydroxyl groups is 1. The van der Waals surface area contributed by atoms with E-state index in [2.05, 4.69) is 16.8 Å². The lowest BCUT2D eigenvalue weighted by Gasteiger charge is -2.09. The van der Waals surface area contributed by atoms with E-state index in [1.54, 1.807) is 22.4 Å². The maximum absolute atomic E-state index is 12.7. The molecule has 0 fully saturated rings. The molecule has 2 heterocycles. The van der Waals surface area contributed by atoms with Crippen molar-refractivity contribution < 1.29 is 5.11 Å². The number of aromatic nitrogens is 4. The van der Waals surface area contributed by atoms with Gasteiger partial charge in [-0.3, -0.25) is 13.8 Å². The molecule has 0 bridgehead atoms. The molecule has 2 aromatic heterocycles. The van der Waals surface area contributed by atoms with E-state index in [1.165, 1.54) is 0 Å². The minimum atomic E-state index is -0.0788. The van der Waals surface area contributed by atoms with E-state index in [1.807, 2.05) is 28.7 Å². The van der Waals surface area contributed by atoms with Gasteiger partial charge in [0.1, 0.15) is 0 Å². The SMILES string of the molecule is C=CCn1c(=O)c2ccccc2n2c(SCCCCCO)nnc12. The van der Waals surface area contributed by atoms with Crippen molar-refractivity contribution in [2.45, 2.75) is 31.0 Å². The molecule has 126 valence electrons. The molecular weight excluding hydrogens is 324 g/mol. The smallest absolute Gasteiger partial charge is 0.263 e. The highest BCUT2D eigenvalue weighted by Gasteiger charge is 2.15. The zero-order valence-electron chi connectivity index (χ0n) is 13.4. The molecule has 0 spiro atoms. The summed E-state index contributed by atoms with van der Waals surface area (Å²) in [5.41, 5.74) is 0.741. The molecule has 3 rings (SSSR count). The van der Waals surface area contributed by atoms with E-state index in [9.17, 15) is 4.79 Å². The molecule has 0 radical (unpaired) electrons. The quantitative estimate of drug-likeness (QED) is 0.386. The van der Waals surface area contributed by atoms with Gasteiger partial charge in [0.15, 0.2) is 5.16 Å². The average molecular weight is 344 g/mol. The van der Waals surface area contributed by atoms with Crippen molar-refractivity contribution in [1.29, 1.82) is 0 Å². The van der Waals surface area contributed by atoms with Crippen molar-refractivity contribution in [3.05, 3.63) is 47.3 Å². The summed E-state index contributed by atoms with van der Waals surface area (Å²) in [5, 5.41) is 18.8. The molecule has 7 heteroatoms. The summed E-state index contributed by atoms with van der Waals surface area (Å²) in [6.45, 7) is 4.35. The highest BCUT2D eigenvalue weighted by Crippen LogP contribution is 2.22. The van der Waals surface area contributed by atoms with Gasteiger partial charge in [0.2, 0.25) is 5.78 Å². The number of fused-ring (bicyclic) bond motifs is 3. The minimum Gasteiger partial charge on any atom is -0.396 e. The summed E-state index contributed by atoms with van der Waals surface area (Å²) >= 11 is 1.62. The number of unbranched alkanes of at least 4 members (excludes halogenated alkanes) is 2. The van der Waals surface area contributed by atoms with Crippen molar-refractivity contribution >= 4 is 28.4 Å². The van der Waals surface area contributed by atoms with E-state index < -0.39 is 0 Å². The van der Waals surface area contributed by atoms with Gasteiger partial charge < -0.3 is 5.11 Å². The van der Waals surface area contributed by atoms with Crippen molar-refractivity contribution in [2.75, 3.05) is 12.4 Å². The molecule has 3 aromatic rings. The Labute approximate surface area is 143 Å². The van der Waals surface area contributed by atoms with Crippen LogP contribution in [0.5, 0.6) is 0 Å². The fourth-order valence-corrected chi connectivity index (χ4v) is 3.61. The largest absolute Gasteiger partial charge is 0.396 e. The second-order valence-electron chi connectivity index (χ2n) is 5.47. The monoisotopic (exact) mass is 344 g/mol. The summed E-state index contributed by atoms with van der Waals surface area (Å²) in [7, 11) is 0. The van der Waals surface area contributed by atoms with Crippen molar-refractivity contribution in [3.63, 3.8) is 0 Å². The van der Waals surface area contributed by atoms with Crippen LogP contribution in [-0.4, -0.2) is 36.6 Å². The Hall–Kier alpha value is -2.12. The van der Waals surface area contributed by atoms with Crippen LogP contribution in [0.4, 0.5) is 0 Å². The number of hydrogen-bond acceptors (Lipinski definition) is 5. The van der Waals surface area contributed by atoms with Crippen molar-refractivity contribution in [1.82, 2.24) is 19.2 Å². The van der Waals surface area contributed by atoms with Crippen LogP contribution in [0.1, 0.15) is 19.3 Å². The molecule has 0 saturated heterocycles. The van der Waals surface area contributed by atoms with Gasteiger partial charge in [-0.2, -0.15) is 0 Å². The fraction of sp³-hybridized carbons (Fsp3) is 0.353. The normalized spacial score (nSPS) is 11.4. The number of rotatable bonds is 8. The molecule has 24 heavy (non-hydrogen) atoms. The summed E-state index contributed by atoms with van der Waals surface area (Å²) in [5.74, 6) is 1.44. The summed E-state index contributed by atoms with van der Waals surface area (Å²) in [6, 6.07) is 7.52. The molecule has 0 aliphatic carbocycles. The lowest BCUT2D eigenvalue weighted by molar-refractivity contribution is 0.284. The Morgan fingerprint density at radius 1 is 1.21 bits per heavy atom. The van der Waals surface area contributed by atoms with Crippen LogP contribution in [0, 0.1) is 0 Å². The van der Waals surface area contributed by atoms with E-state index in [4.69, 9.17) is 5.11 Å². The Morgan fingerprint density at radius 2 is 2.04 bits per heavy atom. The van der Waals surface area contributed by atoms with Crippen LogP contribution in [0.2, 0.25) is 0 Å². The molecule has 0 aliphatic rings. The zero-order chi connectivity index (χ0) is 16.9. The van der Waals surface area contributed by atoms with Gasteiger partial charge in [-0.05, 0) is 25.0 Å². The van der Waals surface area contributed by atoms with E-state index in [0.29, 0.717) is 17.7 Å². The first-order valence-corrected chi connectivity index (χ1v) is 8.97. The first kappa shape index (κ1) is 16.7. The van der Waals surface area contributed by atoms with Gasteiger partial charge in [0.05, 0.1) is 10.9 Å². The first-order valence-electron chi connectivity index (χ1n) is 7.99. The number of thioether (sulfide) groups is 1. The number of allylic oxidation sites excluding steroid dienone is 1. The Kier molecular flexibility index (Phi) is 5.32. The Morgan fingerprint density at radius 3 is 2.83 bits per heavy atom. The third-order valence-corrected chi connectivity index (χ3v) is 4.84. The lowest BCUT2D eigenvalue weighted by Crippen LogP contribution is -2.22. The number of hydrogen-bond donors (Lipinski definition) is 1. The predicted octanol–water partition coefficient (Wildman–Crippen LogP) is 2.48. The number of nitrogens with zero attached hydrogens (tertiary/aromatic N) is 4. The lowest BCUT2D eigenvalue weighted by atomic mass is 10.2. The summed E-state index contributed by atoms with van der Waals surface area (Å²) in [6.07, 6.45) is 4.50. The molecule has 0 atom stereocenters. The van der Waals surface area contributed by atoms with Gasteiger partial charge in [-0.15, -0.1) is 16.8 Å². The molecule has 1 N–H and O–H groups in total. The van der Waals surface area contributed by atoms with E-state index >= 15 is 0 Å².